The normalized spacial score (nSPS) is 55.6. The predicted octanol–water partition coefficient (Wildman–Crippen LogP) is 4.70. The Kier molecular flexibility index (Phi) is 4.90. The van der Waals surface area contributed by atoms with Crippen LogP contribution in [0.4, 0.5) is 0 Å². The van der Waals surface area contributed by atoms with Crippen LogP contribution in [0.1, 0.15) is 99.8 Å². The van der Waals surface area contributed by atoms with Gasteiger partial charge in [0.2, 0.25) is 5.79 Å². The lowest BCUT2D eigenvalue weighted by Gasteiger charge is -2.62. The first-order valence-electron chi connectivity index (χ1n) is 14.1. The highest BCUT2D eigenvalue weighted by Crippen LogP contribution is 2.75. The van der Waals surface area contributed by atoms with Gasteiger partial charge in [0.25, 0.3) is 0 Å². The molecule has 0 radical (unpaired) electrons. The summed E-state index contributed by atoms with van der Waals surface area (Å²) < 4.78 is 12.8. The Morgan fingerprint density at radius 3 is 2.25 bits per heavy atom. The monoisotopic (exact) mass is 500 g/mol. The van der Waals surface area contributed by atoms with E-state index in [-0.39, 0.29) is 46.4 Å². The van der Waals surface area contributed by atoms with Crippen molar-refractivity contribution in [3.8, 4) is 0 Å². The molecular formula is C30H44O6. The van der Waals surface area contributed by atoms with E-state index >= 15 is 0 Å². The number of fused-ring (bicyclic) bond motifs is 5. The molecule has 6 rings (SSSR count). The second-order valence-electron chi connectivity index (χ2n) is 14.6. The van der Waals surface area contributed by atoms with Gasteiger partial charge in [-0.1, -0.05) is 54.0 Å². The first-order valence-corrected chi connectivity index (χ1v) is 14.1. The number of esters is 1. The number of aliphatic hydroxyl groups excluding tert-OH is 2. The Bertz CT molecular complexity index is 1080. The third-order valence-electron chi connectivity index (χ3n) is 12.8. The van der Waals surface area contributed by atoms with E-state index in [0.717, 1.165) is 30.4 Å². The van der Waals surface area contributed by atoms with Gasteiger partial charge in [-0.05, 0) is 48.3 Å². The summed E-state index contributed by atoms with van der Waals surface area (Å²) in [4.78, 5) is 26.7. The summed E-state index contributed by atoms with van der Waals surface area (Å²) in [5, 5.41) is 22.8. The van der Waals surface area contributed by atoms with Crippen LogP contribution in [0.15, 0.2) is 11.1 Å². The van der Waals surface area contributed by atoms with E-state index < -0.39 is 28.3 Å². The van der Waals surface area contributed by atoms with Crippen LogP contribution in [-0.2, 0) is 19.1 Å². The molecule has 2 N–H and O–H groups in total. The van der Waals surface area contributed by atoms with Crippen molar-refractivity contribution in [2.24, 2.45) is 39.4 Å². The van der Waals surface area contributed by atoms with Crippen molar-refractivity contribution in [3.05, 3.63) is 11.1 Å². The Morgan fingerprint density at radius 2 is 1.61 bits per heavy atom. The average molecular weight is 501 g/mol. The fourth-order valence-corrected chi connectivity index (χ4v) is 10.7. The van der Waals surface area contributed by atoms with Crippen molar-refractivity contribution >= 4 is 11.8 Å². The molecule has 6 heteroatoms. The zero-order chi connectivity index (χ0) is 26.3. The molecule has 200 valence electrons. The van der Waals surface area contributed by atoms with Crippen molar-refractivity contribution < 1.29 is 29.3 Å². The van der Waals surface area contributed by atoms with Gasteiger partial charge in [-0.2, -0.15) is 0 Å². The van der Waals surface area contributed by atoms with E-state index in [0.29, 0.717) is 32.1 Å². The lowest BCUT2D eigenvalue weighted by atomic mass is 9.42. The minimum atomic E-state index is -0.950. The molecule has 10 atom stereocenters. The maximum absolute atomic E-state index is 14.3. The number of allylic oxidation sites excluding steroid dienone is 1. The highest BCUT2D eigenvalue weighted by molar-refractivity contribution is 6.00. The van der Waals surface area contributed by atoms with Crippen molar-refractivity contribution in [1.82, 2.24) is 0 Å². The summed E-state index contributed by atoms with van der Waals surface area (Å²) in [7, 11) is 0. The average Bonchev–Trinajstić information content (AvgIpc) is 3.27. The molecule has 6 nitrogen and oxygen atoms in total. The second-order valence-corrected chi connectivity index (χ2v) is 14.6. The van der Waals surface area contributed by atoms with Crippen molar-refractivity contribution in [2.75, 3.05) is 0 Å². The van der Waals surface area contributed by atoms with Crippen LogP contribution in [0.3, 0.4) is 0 Å². The van der Waals surface area contributed by atoms with Gasteiger partial charge in [0.15, 0.2) is 5.78 Å². The third-order valence-corrected chi connectivity index (χ3v) is 12.8. The van der Waals surface area contributed by atoms with E-state index in [1.54, 1.807) is 0 Å². The summed E-state index contributed by atoms with van der Waals surface area (Å²) in [6, 6.07) is 0. The molecule has 2 spiro atoms. The first-order chi connectivity index (χ1) is 16.6. The molecule has 6 aliphatic rings. The zero-order valence-electron chi connectivity index (χ0n) is 23.1. The van der Waals surface area contributed by atoms with Gasteiger partial charge in [-0.25, -0.2) is 0 Å². The molecule has 4 aliphatic carbocycles. The van der Waals surface area contributed by atoms with Gasteiger partial charge < -0.3 is 19.7 Å². The molecule has 36 heavy (non-hydrogen) atoms. The minimum Gasteiger partial charge on any atom is -0.433 e. The Morgan fingerprint density at radius 1 is 0.917 bits per heavy atom. The van der Waals surface area contributed by atoms with Gasteiger partial charge in [-0.15, -0.1) is 0 Å². The highest BCUT2D eigenvalue weighted by atomic mass is 16.7. The van der Waals surface area contributed by atoms with Crippen LogP contribution in [0, 0.1) is 39.4 Å². The Balaban J connectivity index is 1.48. The molecule has 2 saturated carbocycles. The number of Topliss-reactive ketones (excluding diaryl/α,β-unsaturated/α-hetero) is 1. The van der Waals surface area contributed by atoms with Crippen LogP contribution in [0.2, 0.25) is 0 Å². The van der Waals surface area contributed by atoms with Crippen molar-refractivity contribution in [1.29, 1.82) is 0 Å². The summed E-state index contributed by atoms with van der Waals surface area (Å²) in [5.41, 5.74) is -0.434. The minimum absolute atomic E-state index is 0.0442. The number of rotatable bonds is 0. The van der Waals surface area contributed by atoms with Gasteiger partial charge in [0.1, 0.15) is 0 Å². The number of hydrogen-bond donors (Lipinski definition) is 2. The summed E-state index contributed by atoms with van der Waals surface area (Å²) >= 11 is 0. The molecule has 0 aromatic carbocycles. The summed E-state index contributed by atoms with van der Waals surface area (Å²) in [6.45, 7) is 14.9. The SMILES string of the molecule is C[C@@H]1C[C@]2(C[C@@H](C)[C@]3(C[C@H](O)[C@@]4(C)C5=C(C(=O)C[C@]34C)[C@@]3(C)CC[C@H](O)C(C)(C)[C@@H]3CC5)O2)OC1=O. The fraction of sp³-hybridized carbons (Fsp3) is 0.867. The molecule has 4 fully saturated rings. The van der Waals surface area contributed by atoms with E-state index in [1.807, 2.05) is 6.92 Å². The molecule has 2 heterocycles. The van der Waals surface area contributed by atoms with Crippen LogP contribution in [-0.4, -0.2) is 45.6 Å². The maximum Gasteiger partial charge on any atom is 0.311 e. The van der Waals surface area contributed by atoms with E-state index in [4.69, 9.17) is 9.47 Å². The van der Waals surface area contributed by atoms with Crippen LogP contribution >= 0.6 is 0 Å². The van der Waals surface area contributed by atoms with Gasteiger partial charge >= 0.3 is 5.97 Å². The van der Waals surface area contributed by atoms with E-state index in [2.05, 4.69) is 41.5 Å². The third kappa shape index (κ3) is 2.60. The second kappa shape index (κ2) is 7.04. The predicted molar refractivity (Wildman–Crippen MR) is 134 cm³/mol. The maximum atomic E-state index is 14.3. The van der Waals surface area contributed by atoms with E-state index in [1.165, 1.54) is 0 Å². The Labute approximate surface area is 215 Å². The quantitative estimate of drug-likeness (QED) is 0.468. The summed E-state index contributed by atoms with van der Waals surface area (Å²) in [6.07, 6.45) is 4.07. The molecule has 0 aromatic rings. The Hall–Kier alpha value is -1.24. The van der Waals surface area contributed by atoms with Gasteiger partial charge in [0, 0.05) is 42.1 Å². The largest absolute Gasteiger partial charge is 0.433 e. The molecule has 2 aliphatic heterocycles. The number of hydrogen-bond acceptors (Lipinski definition) is 6. The lowest BCUT2D eigenvalue weighted by Crippen LogP contribution is -2.61. The van der Waals surface area contributed by atoms with Gasteiger partial charge in [0.05, 0.1) is 23.7 Å². The van der Waals surface area contributed by atoms with Crippen molar-refractivity contribution in [2.45, 2.75) is 123 Å². The van der Waals surface area contributed by atoms with Crippen LogP contribution in [0.25, 0.3) is 0 Å². The number of aliphatic hydroxyl groups is 2. The molecule has 0 unspecified atom stereocenters. The smallest absolute Gasteiger partial charge is 0.311 e. The topological polar surface area (TPSA) is 93.1 Å². The number of ether oxygens (including phenoxy) is 2. The molecule has 0 aromatic heterocycles. The lowest BCUT2D eigenvalue weighted by molar-refractivity contribution is -0.254. The molecule has 2 saturated heterocycles. The number of carbonyl (C=O) groups is 2. The van der Waals surface area contributed by atoms with Crippen molar-refractivity contribution in [3.63, 3.8) is 0 Å². The standard InChI is InChI=1S/C30H44O6/c1-16-12-29(35-24(16)34)13-17(2)30(36-29)15-22(33)28(7)18-8-9-20-25(3,4)21(32)10-11-26(20,5)23(18)19(31)14-27(28,30)6/h16-17,20-22,32-33H,8-15H2,1-7H3/t16-,17-,20+,21+,22+,26+,27+,28-,29+,30+/m1/s1. The van der Waals surface area contributed by atoms with Gasteiger partial charge in [-0.3, -0.25) is 9.59 Å². The zero-order valence-corrected chi connectivity index (χ0v) is 23.1. The van der Waals surface area contributed by atoms with E-state index in [9.17, 15) is 19.8 Å². The van der Waals surface area contributed by atoms with Crippen LogP contribution < -0.4 is 0 Å². The fourth-order valence-electron chi connectivity index (χ4n) is 10.7. The highest BCUT2D eigenvalue weighted by Gasteiger charge is 2.78. The molecule has 0 amide bonds. The number of ketones is 1. The molecular weight excluding hydrogens is 456 g/mol. The van der Waals surface area contributed by atoms with Crippen LogP contribution in [0.5, 0.6) is 0 Å². The number of carbonyl (C=O) groups excluding carboxylic acids is 2. The summed E-state index contributed by atoms with van der Waals surface area (Å²) in [5.74, 6) is -0.922. The molecule has 0 bridgehead atoms. The first kappa shape index (κ1) is 25.1.